The lowest BCUT2D eigenvalue weighted by Gasteiger charge is -2.20. The van der Waals surface area contributed by atoms with E-state index in [0.29, 0.717) is 12.8 Å². The summed E-state index contributed by atoms with van der Waals surface area (Å²) in [5.74, 6) is -1.16. The lowest BCUT2D eigenvalue weighted by atomic mass is 10.1. The molecule has 0 aromatic heterocycles. The SMILES string of the molecule is COC(=O)C1(C(=O)N[C@H](C)C(=O)N(C)C)CC1. The number of nitrogens with zero attached hydrogens (tertiary/aromatic N) is 1. The second-order valence-electron chi connectivity index (χ2n) is 4.50. The largest absolute Gasteiger partial charge is 0.468 e. The summed E-state index contributed by atoms with van der Waals surface area (Å²) >= 11 is 0. The normalized spacial score (nSPS) is 17.9. The molecule has 6 nitrogen and oxygen atoms in total. The smallest absolute Gasteiger partial charge is 0.321 e. The second kappa shape index (κ2) is 4.73. The van der Waals surface area contributed by atoms with Crippen LogP contribution in [0.1, 0.15) is 19.8 Å². The van der Waals surface area contributed by atoms with E-state index in [9.17, 15) is 14.4 Å². The lowest BCUT2D eigenvalue weighted by molar-refractivity contribution is -0.153. The molecule has 2 amide bonds. The summed E-state index contributed by atoms with van der Waals surface area (Å²) < 4.78 is 4.59. The van der Waals surface area contributed by atoms with E-state index in [1.165, 1.54) is 12.0 Å². The van der Waals surface area contributed by atoms with Crippen LogP contribution in [0.3, 0.4) is 0 Å². The number of nitrogens with one attached hydrogen (secondary N) is 1. The van der Waals surface area contributed by atoms with Gasteiger partial charge in [-0.25, -0.2) is 0 Å². The number of rotatable bonds is 4. The highest BCUT2D eigenvalue weighted by atomic mass is 16.5. The molecule has 0 unspecified atom stereocenters. The van der Waals surface area contributed by atoms with Crippen LogP contribution in [0.5, 0.6) is 0 Å². The summed E-state index contributed by atoms with van der Waals surface area (Å²) in [6.45, 7) is 1.59. The van der Waals surface area contributed by atoms with E-state index in [0.717, 1.165) is 0 Å². The fourth-order valence-corrected chi connectivity index (χ4v) is 1.63. The number of carbonyl (C=O) groups is 3. The highest BCUT2D eigenvalue weighted by Crippen LogP contribution is 2.46. The van der Waals surface area contributed by atoms with Crippen molar-refractivity contribution in [2.45, 2.75) is 25.8 Å². The Bertz CT molecular complexity index is 347. The molecule has 96 valence electrons. The van der Waals surface area contributed by atoms with Crippen molar-refractivity contribution >= 4 is 17.8 Å². The number of hydrogen-bond acceptors (Lipinski definition) is 4. The third-order valence-corrected chi connectivity index (χ3v) is 2.92. The fraction of sp³-hybridized carbons (Fsp3) is 0.727. The summed E-state index contributed by atoms with van der Waals surface area (Å²) in [7, 11) is 4.47. The molecule has 1 fully saturated rings. The summed E-state index contributed by atoms with van der Waals surface area (Å²) in [4.78, 5) is 36.3. The lowest BCUT2D eigenvalue weighted by Crippen LogP contribution is -2.48. The molecule has 0 radical (unpaired) electrons. The minimum absolute atomic E-state index is 0.209. The van der Waals surface area contributed by atoms with Crippen LogP contribution >= 0.6 is 0 Å². The molecule has 0 heterocycles. The van der Waals surface area contributed by atoms with Gasteiger partial charge in [0, 0.05) is 14.1 Å². The molecule has 6 heteroatoms. The van der Waals surface area contributed by atoms with Crippen LogP contribution in [-0.2, 0) is 19.1 Å². The van der Waals surface area contributed by atoms with Gasteiger partial charge in [0.2, 0.25) is 11.8 Å². The predicted molar refractivity (Wildman–Crippen MR) is 60.0 cm³/mol. The van der Waals surface area contributed by atoms with Crippen molar-refractivity contribution in [3.05, 3.63) is 0 Å². The maximum atomic E-state index is 11.9. The molecule has 0 saturated heterocycles. The van der Waals surface area contributed by atoms with Crippen LogP contribution in [0.4, 0.5) is 0 Å². The van der Waals surface area contributed by atoms with E-state index in [4.69, 9.17) is 0 Å². The highest BCUT2D eigenvalue weighted by molar-refractivity contribution is 6.06. The van der Waals surface area contributed by atoms with Gasteiger partial charge in [-0.05, 0) is 19.8 Å². The van der Waals surface area contributed by atoms with Crippen LogP contribution in [0.15, 0.2) is 0 Å². The number of carbonyl (C=O) groups excluding carboxylic acids is 3. The Labute approximate surface area is 100 Å². The van der Waals surface area contributed by atoms with Gasteiger partial charge >= 0.3 is 5.97 Å². The van der Waals surface area contributed by atoms with Gasteiger partial charge in [-0.15, -0.1) is 0 Å². The highest BCUT2D eigenvalue weighted by Gasteiger charge is 2.58. The van der Waals surface area contributed by atoms with Gasteiger partial charge in [-0.3, -0.25) is 14.4 Å². The molecule has 0 aliphatic heterocycles. The molecule has 0 bridgehead atoms. The quantitative estimate of drug-likeness (QED) is 0.534. The first-order valence-electron chi connectivity index (χ1n) is 5.45. The monoisotopic (exact) mass is 242 g/mol. The van der Waals surface area contributed by atoms with Gasteiger partial charge in [-0.2, -0.15) is 0 Å². The molecule has 1 atom stereocenters. The standard InChI is InChI=1S/C11H18N2O4/c1-7(8(14)13(2)3)12-9(15)11(5-6-11)10(16)17-4/h7H,5-6H2,1-4H3,(H,12,15)/t7-/m1/s1. The van der Waals surface area contributed by atoms with Gasteiger partial charge in [0.1, 0.15) is 11.5 Å². The minimum Gasteiger partial charge on any atom is -0.468 e. The number of hydrogen-bond donors (Lipinski definition) is 1. The van der Waals surface area contributed by atoms with Crippen molar-refractivity contribution in [1.82, 2.24) is 10.2 Å². The summed E-state index contributed by atoms with van der Waals surface area (Å²) in [5.41, 5.74) is -1.06. The van der Waals surface area contributed by atoms with Crippen LogP contribution in [0.25, 0.3) is 0 Å². The summed E-state index contributed by atoms with van der Waals surface area (Å²) in [6.07, 6.45) is 0.961. The van der Waals surface area contributed by atoms with Crippen LogP contribution in [-0.4, -0.2) is 49.9 Å². The minimum atomic E-state index is -1.06. The Morgan fingerprint density at radius 1 is 1.29 bits per heavy atom. The van der Waals surface area contributed by atoms with Crippen molar-refractivity contribution in [2.75, 3.05) is 21.2 Å². The van der Waals surface area contributed by atoms with Gasteiger partial charge in [0.05, 0.1) is 7.11 Å². The molecule has 1 aliphatic rings. The molecule has 0 spiro atoms. The Morgan fingerprint density at radius 3 is 2.18 bits per heavy atom. The molecule has 1 aliphatic carbocycles. The van der Waals surface area contributed by atoms with Crippen molar-refractivity contribution < 1.29 is 19.1 Å². The number of ether oxygens (including phenoxy) is 1. The molecule has 1 N–H and O–H groups in total. The first kappa shape index (κ1) is 13.5. The van der Waals surface area contributed by atoms with E-state index >= 15 is 0 Å². The molecule has 1 saturated carbocycles. The average molecular weight is 242 g/mol. The van der Waals surface area contributed by atoms with Crippen LogP contribution < -0.4 is 5.32 Å². The molecule has 1 rings (SSSR count). The Balaban J connectivity index is 2.62. The average Bonchev–Trinajstić information content (AvgIpc) is 3.07. The Kier molecular flexibility index (Phi) is 3.75. The van der Waals surface area contributed by atoms with Crippen LogP contribution in [0, 0.1) is 5.41 Å². The van der Waals surface area contributed by atoms with Crippen molar-refractivity contribution in [2.24, 2.45) is 5.41 Å². The molecule has 0 aromatic carbocycles. The number of methoxy groups -OCH3 is 1. The van der Waals surface area contributed by atoms with E-state index in [-0.39, 0.29) is 5.91 Å². The van der Waals surface area contributed by atoms with E-state index < -0.39 is 23.3 Å². The number of likely N-dealkylation sites (N-methyl/N-ethyl adjacent to an activating group) is 1. The Hall–Kier alpha value is -1.59. The number of esters is 1. The van der Waals surface area contributed by atoms with Crippen molar-refractivity contribution in [1.29, 1.82) is 0 Å². The van der Waals surface area contributed by atoms with Gasteiger partial charge in [0.25, 0.3) is 0 Å². The third kappa shape index (κ3) is 2.57. The molecular weight excluding hydrogens is 224 g/mol. The Morgan fingerprint density at radius 2 is 1.82 bits per heavy atom. The van der Waals surface area contributed by atoms with E-state index in [1.807, 2.05) is 0 Å². The third-order valence-electron chi connectivity index (χ3n) is 2.92. The van der Waals surface area contributed by atoms with Gasteiger partial charge in [-0.1, -0.05) is 0 Å². The maximum absolute atomic E-state index is 11.9. The first-order chi connectivity index (χ1) is 7.85. The molecule has 17 heavy (non-hydrogen) atoms. The predicted octanol–water partition coefficient (Wildman–Crippen LogP) is -0.467. The topological polar surface area (TPSA) is 75.7 Å². The van der Waals surface area contributed by atoms with E-state index in [1.54, 1.807) is 21.0 Å². The number of amides is 2. The van der Waals surface area contributed by atoms with Crippen molar-refractivity contribution in [3.8, 4) is 0 Å². The second-order valence-corrected chi connectivity index (χ2v) is 4.50. The van der Waals surface area contributed by atoms with Crippen LogP contribution in [0.2, 0.25) is 0 Å². The maximum Gasteiger partial charge on any atom is 0.321 e. The molecule has 0 aromatic rings. The molecular formula is C11H18N2O4. The van der Waals surface area contributed by atoms with E-state index in [2.05, 4.69) is 10.1 Å². The zero-order valence-electron chi connectivity index (χ0n) is 10.6. The zero-order chi connectivity index (χ0) is 13.2. The van der Waals surface area contributed by atoms with Crippen molar-refractivity contribution in [3.63, 3.8) is 0 Å². The first-order valence-corrected chi connectivity index (χ1v) is 5.45. The van der Waals surface area contributed by atoms with Gasteiger partial charge < -0.3 is 15.0 Å². The fourth-order valence-electron chi connectivity index (χ4n) is 1.63. The summed E-state index contributed by atoms with van der Waals surface area (Å²) in [5, 5.41) is 2.55. The zero-order valence-corrected chi connectivity index (χ0v) is 10.6. The summed E-state index contributed by atoms with van der Waals surface area (Å²) in [6, 6.07) is -0.639. The van der Waals surface area contributed by atoms with Gasteiger partial charge in [0.15, 0.2) is 0 Å².